The van der Waals surface area contributed by atoms with Crippen LogP contribution in [0.4, 0.5) is 14.6 Å². The molecule has 0 unspecified atom stereocenters. The van der Waals surface area contributed by atoms with E-state index in [1.807, 2.05) is 20.8 Å². The second kappa shape index (κ2) is 8.68. The summed E-state index contributed by atoms with van der Waals surface area (Å²) in [5, 5.41) is 7.32. The molecule has 1 saturated carbocycles. The summed E-state index contributed by atoms with van der Waals surface area (Å²) in [4.78, 5) is 33.9. The van der Waals surface area contributed by atoms with Gasteiger partial charge >= 0.3 is 0 Å². The van der Waals surface area contributed by atoms with Crippen molar-refractivity contribution in [3.05, 3.63) is 24.0 Å². The third kappa shape index (κ3) is 5.45. The Morgan fingerprint density at radius 2 is 1.94 bits per heavy atom. The molecule has 11 heteroatoms. The van der Waals surface area contributed by atoms with E-state index in [9.17, 15) is 18.4 Å². The quantitative estimate of drug-likeness (QED) is 0.658. The molecule has 2 aromatic rings. The highest BCUT2D eigenvalue weighted by Crippen LogP contribution is 2.34. The molecule has 2 aromatic heterocycles. The topological polar surface area (TPSA) is 102 Å². The second-order valence-electron chi connectivity index (χ2n) is 9.67. The molecule has 0 radical (unpaired) electrons. The van der Waals surface area contributed by atoms with Crippen LogP contribution >= 0.6 is 0 Å². The SMILES string of the molecule is CC(C)(C)C(=O)N1CC(Oc2cc(NC3CCC(F)(F)CC3)nc(-n3ccc(C=O)n3)n2)C1. The molecule has 2 aliphatic rings. The zero-order valence-corrected chi connectivity index (χ0v) is 18.9. The number of anilines is 1. The van der Waals surface area contributed by atoms with E-state index in [4.69, 9.17) is 4.74 Å². The van der Waals surface area contributed by atoms with E-state index in [1.165, 1.54) is 10.7 Å². The predicted molar refractivity (Wildman–Crippen MR) is 116 cm³/mol. The lowest BCUT2D eigenvalue weighted by Gasteiger charge is -2.41. The van der Waals surface area contributed by atoms with E-state index in [2.05, 4.69) is 20.4 Å². The summed E-state index contributed by atoms with van der Waals surface area (Å²) < 4.78 is 34.4. The van der Waals surface area contributed by atoms with Crippen molar-refractivity contribution in [2.75, 3.05) is 18.4 Å². The Balaban J connectivity index is 1.50. The van der Waals surface area contributed by atoms with E-state index >= 15 is 0 Å². The minimum absolute atomic E-state index is 0.0557. The molecule has 3 heterocycles. The number of nitrogens with one attached hydrogen (secondary N) is 1. The van der Waals surface area contributed by atoms with Crippen LogP contribution in [0, 0.1) is 5.41 Å². The van der Waals surface area contributed by atoms with Crippen LogP contribution in [0.3, 0.4) is 0 Å². The fourth-order valence-electron chi connectivity index (χ4n) is 3.88. The average molecular weight is 463 g/mol. The maximum atomic E-state index is 13.5. The zero-order valence-electron chi connectivity index (χ0n) is 18.9. The monoisotopic (exact) mass is 462 g/mol. The number of ether oxygens (including phenoxy) is 1. The van der Waals surface area contributed by atoms with E-state index in [1.54, 1.807) is 17.2 Å². The van der Waals surface area contributed by atoms with Crippen molar-refractivity contribution in [2.45, 2.75) is 64.5 Å². The molecular formula is C22H28F2N6O3. The first kappa shape index (κ1) is 23.1. The highest BCUT2D eigenvalue weighted by Gasteiger charge is 2.38. The summed E-state index contributed by atoms with van der Waals surface area (Å²) in [6.07, 6.45) is 2.26. The summed E-state index contributed by atoms with van der Waals surface area (Å²) >= 11 is 0. The molecular weight excluding hydrogens is 434 g/mol. The molecule has 1 N–H and O–H groups in total. The van der Waals surface area contributed by atoms with Crippen LogP contribution in [0.2, 0.25) is 0 Å². The van der Waals surface area contributed by atoms with Gasteiger partial charge in [-0.2, -0.15) is 15.1 Å². The molecule has 1 aliphatic carbocycles. The Labute approximate surface area is 190 Å². The van der Waals surface area contributed by atoms with Gasteiger partial charge in [0.05, 0.1) is 13.1 Å². The number of hydrogen-bond acceptors (Lipinski definition) is 7. The number of carbonyl (C=O) groups is 2. The molecule has 0 spiro atoms. The summed E-state index contributed by atoms with van der Waals surface area (Å²) in [6.45, 7) is 6.52. The van der Waals surface area contributed by atoms with Gasteiger partial charge in [-0.1, -0.05) is 20.8 Å². The number of aldehydes is 1. The second-order valence-corrected chi connectivity index (χ2v) is 9.67. The summed E-state index contributed by atoms with van der Waals surface area (Å²) in [7, 11) is 0. The molecule has 178 valence electrons. The van der Waals surface area contributed by atoms with E-state index in [-0.39, 0.29) is 48.4 Å². The van der Waals surface area contributed by atoms with Gasteiger partial charge in [-0.25, -0.2) is 13.5 Å². The lowest BCUT2D eigenvalue weighted by molar-refractivity contribution is -0.148. The van der Waals surface area contributed by atoms with Crippen LogP contribution in [0.25, 0.3) is 5.95 Å². The maximum absolute atomic E-state index is 13.5. The highest BCUT2D eigenvalue weighted by molar-refractivity contribution is 5.82. The smallest absolute Gasteiger partial charge is 0.255 e. The minimum Gasteiger partial charge on any atom is -0.470 e. The maximum Gasteiger partial charge on any atom is 0.255 e. The van der Waals surface area contributed by atoms with Crippen molar-refractivity contribution in [3.8, 4) is 11.8 Å². The number of carbonyl (C=O) groups excluding carboxylic acids is 2. The molecule has 2 fully saturated rings. The number of halogens is 2. The number of aromatic nitrogens is 4. The first-order chi connectivity index (χ1) is 15.5. The van der Waals surface area contributed by atoms with Gasteiger partial charge in [-0.05, 0) is 18.9 Å². The summed E-state index contributed by atoms with van der Waals surface area (Å²) in [6, 6.07) is 3.00. The molecule has 33 heavy (non-hydrogen) atoms. The molecule has 9 nitrogen and oxygen atoms in total. The van der Waals surface area contributed by atoms with Gasteiger partial charge in [0.2, 0.25) is 17.7 Å². The number of likely N-dealkylation sites (tertiary alicyclic amines) is 1. The van der Waals surface area contributed by atoms with Crippen molar-refractivity contribution >= 4 is 18.0 Å². The lowest BCUT2D eigenvalue weighted by Crippen LogP contribution is -2.58. The van der Waals surface area contributed by atoms with Crippen molar-refractivity contribution in [1.29, 1.82) is 0 Å². The Bertz CT molecular complexity index is 1020. The van der Waals surface area contributed by atoms with Crippen LogP contribution in [0.15, 0.2) is 18.3 Å². The van der Waals surface area contributed by atoms with E-state index < -0.39 is 11.3 Å². The Kier molecular flexibility index (Phi) is 6.06. The Morgan fingerprint density at radius 3 is 2.55 bits per heavy atom. The normalized spacial score (nSPS) is 19.1. The van der Waals surface area contributed by atoms with Crippen molar-refractivity contribution in [1.82, 2.24) is 24.6 Å². The summed E-state index contributed by atoms with van der Waals surface area (Å²) in [5.41, 5.74) is -0.235. The third-order valence-electron chi connectivity index (χ3n) is 5.76. The average Bonchev–Trinajstić information content (AvgIpc) is 3.20. The van der Waals surface area contributed by atoms with Crippen molar-refractivity contribution in [3.63, 3.8) is 0 Å². The van der Waals surface area contributed by atoms with Gasteiger partial charge in [0.25, 0.3) is 5.95 Å². The minimum atomic E-state index is -2.62. The lowest BCUT2D eigenvalue weighted by atomic mass is 9.92. The number of nitrogens with zero attached hydrogens (tertiary/aromatic N) is 5. The fraction of sp³-hybridized carbons (Fsp3) is 0.591. The number of rotatable bonds is 6. The van der Waals surface area contributed by atoms with Crippen LogP contribution in [-0.4, -0.2) is 68.0 Å². The molecule has 0 bridgehead atoms. The van der Waals surface area contributed by atoms with Gasteiger partial charge in [0.1, 0.15) is 17.6 Å². The predicted octanol–water partition coefficient (Wildman–Crippen LogP) is 3.10. The van der Waals surface area contributed by atoms with E-state index in [0.29, 0.717) is 38.0 Å². The van der Waals surface area contributed by atoms with Crippen molar-refractivity contribution < 1.29 is 23.1 Å². The Morgan fingerprint density at radius 1 is 1.24 bits per heavy atom. The molecule has 1 saturated heterocycles. The zero-order chi connectivity index (χ0) is 23.8. The van der Waals surface area contributed by atoms with Crippen LogP contribution < -0.4 is 10.1 Å². The van der Waals surface area contributed by atoms with Gasteiger partial charge < -0.3 is 15.0 Å². The van der Waals surface area contributed by atoms with E-state index in [0.717, 1.165) is 0 Å². The molecule has 1 aliphatic heterocycles. The number of alkyl halides is 2. The largest absolute Gasteiger partial charge is 0.470 e. The van der Waals surface area contributed by atoms with Crippen LogP contribution in [0.1, 0.15) is 56.9 Å². The van der Waals surface area contributed by atoms with Crippen LogP contribution in [-0.2, 0) is 4.79 Å². The molecule has 0 atom stereocenters. The molecule has 0 aromatic carbocycles. The molecule has 1 amide bonds. The van der Waals surface area contributed by atoms with Gasteiger partial charge in [-0.15, -0.1) is 0 Å². The number of hydrogen-bond donors (Lipinski definition) is 1. The van der Waals surface area contributed by atoms with Crippen LogP contribution in [0.5, 0.6) is 5.88 Å². The first-order valence-corrected chi connectivity index (χ1v) is 11.0. The summed E-state index contributed by atoms with van der Waals surface area (Å²) in [5.74, 6) is -1.68. The van der Waals surface area contributed by atoms with Crippen molar-refractivity contribution in [2.24, 2.45) is 5.41 Å². The fourth-order valence-corrected chi connectivity index (χ4v) is 3.88. The highest BCUT2D eigenvalue weighted by atomic mass is 19.3. The number of amides is 1. The standard InChI is InChI=1S/C22H28F2N6O3/c1-21(2,3)19(32)29-11-16(12-29)33-18-10-17(25-14-4-7-22(23,24)8-5-14)26-20(27-18)30-9-6-15(13-31)28-30/h6,9-10,13-14,16H,4-5,7-8,11-12H2,1-3H3,(H,25,26,27). The van der Waals surface area contributed by atoms with Gasteiger partial charge in [0.15, 0.2) is 6.29 Å². The first-order valence-electron chi connectivity index (χ1n) is 11.0. The van der Waals surface area contributed by atoms with Gasteiger partial charge in [-0.3, -0.25) is 9.59 Å². The Hall–Kier alpha value is -3.11. The third-order valence-corrected chi connectivity index (χ3v) is 5.76. The molecule has 4 rings (SSSR count). The van der Waals surface area contributed by atoms with Gasteiger partial charge in [0, 0.05) is 36.6 Å².